The monoisotopic (exact) mass is 296 g/mol. The summed E-state index contributed by atoms with van der Waals surface area (Å²) in [5.41, 5.74) is 0.554. The van der Waals surface area contributed by atoms with E-state index in [0.29, 0.717) is 5.82 Å². The van der Waals surface area contributed by atoms with Crippen LogP contribution in [0.1, 0.15) is 11.4 Å². The topological polar surface area (TPSA) is 98.6 Å². The van der Waals surface area contributed by atoms with E-state index >= 15 is 0 Å². The number of rotatable bonds is 3. The molecule has 0 fully saturated rings. The molecular formula is C11H9ClN4O2S. The van der Waals surface area contributed by atoms with Crippen LogP contribution in [0.5, 0.6) is 0 Å². The fourth-order valence-corrected chi connectivity index (χ4v) is 2.66. The molecule has 19 heavy (non-hydrogen) atoms. The molecule has 98 valence electrons. The first-order valence-corrected chi connectivity index (χ1v) is 7.02. The highest BCUT2D eigenvalue weighted by atomic mass is 35.5. The van der Waals surface area contributed by atoms with Crippen molar-refractivity contribution in [2.75, 3.05) is 4.72 Å². The van der Waals surface area contributed by atoms with Gasteiger partial charge in [0.05, 0.1) is 22.5 Å². The van der Waals surface area contributed by atoms with Crippen LogP contribution in [0.4, 0.5) is 5.69 Å². The van der Waals surface area contributed by atoms with Gasteiger partial charge in [-0.05, 0) is 25.1 Å². The highest BCUT2D eigenvalue weighted by molar-refractivity contribution is 7.92. The molecule has 6 nitrogen and oxygen atoms in total. The second-order valence-corrected chi connectivity index (χ2v) is 5.80. The fraction of sp³-hybridized carbons (Fsp3) is 0.0909. The van der Waals surface area contributed by atoms with E-state index in [0.717, 1.165) is 0 Å². The van der Waals surface area contributed by atoms with Crippen LogP contribution in [-0.2, 0) is 10.0 Å². The van der Waals surface area contributed by atoms with Crippen LogP contribution in [0.25, 0.3) is 0 Å². The highest BCUT2D eigenvalue weighted by Crippen LogP contribution is 2.22. The average molecular weight is 297 g/mol. The molecule has 0 amide bonds. The molecule has 8 heteroatoms. The Hall–Kier alpha value is -2.04. The van der Waals surface area contributed by atoms with E-state index < -0.39 is 10.0 Å². The maximum absolute atomic E-state index is 12.0. The number of hydrogen-bond acceptors (Lipinski definition) is 4. The van der Waals surface area contributed by atoms with Crippen molar-refractivity contribution < 1.29 is 8.42 Å². The standard InChI is InChI=1S/C11H9ClN4O2S/c1-7-14-6-11(15-7)19(17,18)16-9-3-2-8(5-13)10(12)4-9/h2-4,6,16H,1H3,(H,14,15). The van der Waals surface area contributed by atoms with E-state index in [1.807, 2.05) is 6.07 Å². The zero-order chi connectivity index (χ0) is 14.0. The maximum Gasteiger partial charge on any atom is 0.278 e. The Labute approximate surface area is 115 Å². The van der Waals surface area contributed by atoms with Crippen LogP contribution >= 0.6 is 11.6 Å². The molecule has 0 aliphatic carbocycles. The van der Waals surface area contributed by atoms with E-state index in [2.05, 4.69) is 14.7 Å². The van der Waals surface area contributed by atoms with Crippen LogP contribution in [-0.4, -0.2) is 18.4 Å². The summed E-state index contributed by atoms with van der Waals surface area (Å²) in [5.74, 6) is 0.498. The van der Waals surface area contributed by atoms with Crippen molar-refractivity contribution in [3.8, 4) is 6.07 Å². The summed E-state index contributed by atoms with van der Waals surface area (Å²) >= 11 is 5.83. The summed E-state index contributed by atoms with van der Waals surface area (Å²) in [6, 6.07) is 6.18. The van der Waals surface area contributed by atoms with Gasteiger partial charge in [0.1, 0.15) is 11.9 Å². The number of aryl methyl sites for hydroxylation is 1. The number of nitrogens with one attached hydrogen (secondary N) is 2. The molecule has 0 saturated heterocycles. The third-order valence-corrected chi connectivity index (χ3v) is 3.91. The third-order valence-electron chi connectivity index (χ3n) is 2.31. The summed E-state index contributed by atoms with van der Waals surface area (Å²) < 4.78 is 26.3. The van der Waals surface area contributed by atoms with Gasteiger partial charge in [-0.25, -0.2) is 4.98 Å². The van der Waals surface area contributed by atoms with Gasteiger partial charge in [-0.1, -0.05) is 11.6 Å². The Balaban J connectivity index is 2.31. The van der Waals surface area contributed by atoms with Crippen molar-refractivity contribution in [1.29, 1.82) is 5.26 Å². The number of sulfonamides is 1. The molecule has 1 aromatic carbocycles. The largest absolute Gasteiger partial charge is 0.332 e. The average Bonchev–Trinajstić information content (AvgIpc) is 2.76. The van der Waals surface area contributed by atoms with Crippen LogP contribution in [0.3, 0.4) is 0 Å². The maximum atomic E-state index is 12.0. The predicted molar refractivity (Wildman–Crippen MR) is 70.3 cm³/mol. The minimum atomic E-state index is -3.74. The second kappa shape index (κ2) is 4.91. The SMILES string of the molecule is Cc1ncc(S(=O)(=O)Nc2ccc(C#N)c(Cl)c2)[nH]1. The molecule has 2 aromatic rings. The van der Waals surface area contributed by atoms with E-state index in [-0.39, 0.29) is 21.3 Å². The summed E-state index contributed by atoms with van der Waals surface area (Å²) in [4.78, 5) is 6.45. The first kappa shape index (κ1) is 13.4. The lowest BCUT2D eigenvalue weighted by atomic mass is 10.2. The van der Waals surface area contributed by atoms with Crippen molar-refractivity contribution in [3.63, 3.8) is 0 Å². The first-order valence-electron chi connectivity index (χ1n) is 5.16. The molecular weight excluding hydrogens is 288 g/mol. The van der Waals surface area contributed by atoms with Gasteiger partial charge in [-0.2, -0.15) is 13.7 Å². The molecule has 1 aromatic heterocycles. The summed E-state index contributed by atoms with van der Waals surface area (Å²) in [5, 5.41) is 8.88. The lowest BCUT2D eigenvalue weighted by Crippen LogP contribution is -2.13. The van der Waals surface area contributed by atoms with Crippen molar-refractivity contribution >= 4 is 27.3 Å². The number of anilines is 1. The quantitative estimate of drug-likeness (QED) is 0.905. The van der Waals surface area contributed by atoms with E-state index in [1.165, 1.54) is 24.4 Å². The van der Waals surface area contributed by atoms with Gasteiger partial charge in [0.2, 0.25) is 0 Å². The number of nitriles is 1. The Bertz CT molecular complexity index is 761. The first-order chi connectivity index (χ1) is 8.92. The molecule has 0 saturated carbocycles. The Morgan fingerprint density at radius 2 is 2.21 bits per heavy atom. The van der Waals surface area contributed by atoms with Crippen LogP contribution in [0.2, 0.25) is 5.02 Å². The fourth-order valence-electron chi connectivity index (χ4n) is 1.41. The number of hydrogen-bond donors (Lipinski definition) is 2. The second-order valence-electron chi connectivity index (χ2n) is 3.74. The minimum Gasteiger partial charge on any atom is -0.332 e. The number of nitrogens with zero attached hydrogens (tertiary/aromatic N) is 2. The van der Waals surface area contributed by atoms with Crippen molar-refractivity contribution in [2.45, 2.75) is 11.9 Å². The van der Waals surface area contributed by atoms with Gasteiger partial charge in [0.15, 0.2) is 5.03 Å². The number of H-pyrrole nitrogens is 1. The number of aromatic amines is 1. The summed E-state index contributed by atoms with van der Waals surface area (Å²) in [7, 11) is -3.74. The lowest BCUT2D eigenvalue weighted by molar-refractivity contribution is 0.598. The van der Waals surface area contributed by atoms with Gasteiger partial charge >= 0.3 is 0 Å². The van der Waals surface area contributed by atoms with Crippen LogP contribution in [0, 0.1) is 18.3 Å². The highest BCUT2D eigenvalue weighted by Gasteiger charge is 2.17. The number of aromatic nitrogens is 2. The smallest absolute Gasteiger partial charge is 0.278 e. The zero-order valence-electron chi connectivity index (χ0n) is 9.81. The van der Waals surface area contributed by atoms with E-state index in [9.17, 15) is 8.42 Å². The number of imidazole rings is 1. The van der Waals surface area contributed by atoms with E-state index in [1.54, 1.807) is 6.92 Å². The molecule has 0 spiro atoms. The summed E-state index contributed by atoms with van der Waals surface area (Å²) in [6.45, 7) is 1.65. The summed E-state index contributed by atoms with van der Waals surface area (Å²) in [6.07, 6.45) is 1.23. The van der Waals surface area contributed by atoms with Crippen LogP contribution in [0.15, 0.2) is 29.4 Å². The Kier molecular flexibility index (Phi) is 3.46. The lowest BCUT2D eigenvalue weighted by Gasteiger charge is -2.06. The third kappa shape index (κ3) is 2.86. The van der Waals surface area contributed by atoms with Gasteiger partial charge in [-0.3, -0.25) is 4.72 Å². The molecule has 0 aliphatic rings. The van der Waals surface area contributed by atoms with Crippen LogP contribution < -0.4 is 4.72 Å². The molecule has 0 unspecified atom stereocenters. The minimum absolute atomic E-state index is 0.0366. The Morgan fingerprint density at radius 1 is 1.47 bits per heavy atom. The van der Waals surface area contributed by atoms with Crippen molar-refractivity contribution in [3.05, 3.63) is 40.8 Å². The molecule has 0 aliphatic heterocycles. The van der Waals surface area contributed by atoms with Gasteiger partial charge in [-0.15, -0.1) is 0 Å². The molecule has 0 bridgehead atoms. The normalized spacial score (nSPS) is 11.0. The number of benzene rings is 1. The van der Waals surface area contributed by atoms with Gasteiger partial charge < -0.3 is 4.98 Å². The molecule has 0 atom stereocenters. The van der Waals surface area contributed by atoms with Crippen molar-refractivity contribution in [1.82, 2.24) is 9.97 Å². The Morgan fingerprint density at radius 3 is 2.74 bits per heavy atom. The van der Waals surface area contributed by atoms with Crippen molar-refractivity contribution in [2.24, 2.45) is 0 Å². The molecule has 1 heterocycles. The molecule has 2 rings (SSSR count). The zero-order valence-corrected chi connectivity index (χ0v) is 11.4. The van der Waals surface area contributed by atoms with Gasteiger partial charge in [0.25, 0.3) is 10.0 Å². The molecule has 2 N–H and O–H groups in total. The van der Waals surface area contributed by atoms with Gasteiger partial charge in [0, 0.05) is 0 Å². The molecule has 0 radical (unpaired) electrons. The van der Waals surface area contributed by atoms with E-state index in [4.69, 9.17) is 16.9 Å². The number of halogens is 1. The predicted octanol–water partition coefficient (Wildman–Crippen LogP) is 2.04.